The minimum absolute atomic E-state index is 0.0525. The van der Waals surface area contributed by atoms with Crippen LogP contribution in [0.4, 0.5) is 4.79 Å². The van der Waals surface area contributed by atoms with E-state index < -0.39 is 5.60 Å². The van der Waals surface area contributed by atoms with Crippen LogP contribution in [0.2, 0.25) is 0 Å². The smallest absolute Gasteiger partial charge is 0.410 e. The molecule has 138 valence electrons. The van der Waals surface area contributed by atoms with E-state index in [0.29, 0.717) is 31.2 Å². The summed E-state index contributed by atoms with van der Waals surface area (Å²) in [4.78, 5) is 26.3. The van der Waals surface area contributed by atoms with Gasteiger partial charge in [0.2, 0.25) is 0 Å². The van der Waals surface area contributed by atoms with Gasteiger partial charge in [-0.2, -0.15) is 0 Å². The molecule has 0 bridgehead atoms. The predicted octanol–water partition coefficient (Wildman–Crippen LogP) is 3.37. The van der Waals surface area contributed by atoms with E-state index in [1.165, 1.54) is 6.42 Å². The second kappa shape index (κ2) is 8.32. The zero-order valence-corrected chi connectivity index (χ0v) is 15.8. The van der Waals surface area contributed by atoms with Gasteiger partial charge in [-0.15, -0.1) is 0 Å². The molecule has 2 aliphatic heterocycles. The highest BCUT2D eigenvalue weighted by atomic mass is 16.6. The number of carbonyl (C=O) groups excluding carboxylic acids is 2. The van der Waals surface area contributed by atoms with Crippen LogP contribution < -0.4 is 5.32 Å². The van der Waals surface area contributed by atoms with Crippen LogP contribution in [0.5, 0.6) is 0 Å². The van der Waals surface area contributed by atoms with Crippen LogP contribution >= 0.6 is 0 Å². The van der Waals surface area contributed by atoms with Gasteiger partial charge in [0.25, 0.3) is 0 Å². The Hall–Kier alpha value is -1.10. The average molecular weight is 338 g/mol. The topological polar surface area (TPSA) is 58.6 Å². The fraction of sp³-hybridized carbons (Fsp3) is 0.895. The molecule has 2 atom stereocenters. The Balaban J connectivity index is 1.71. The van der Waals surface area contributed by atoms with Gasteiger partial charge < -0.3 is 15.0 Å². The maximum absolute atomic E-state index is 12.5. The molecule has 0 aromatic heterocycles. The summed E-state index contributed by atoms with van der Waals surface area (Å²) < 4.78 is 5.42. The first-order valence-electron chi connectivity index (χ1n) is 9.52. The summed E-state index contributed by atoms with van der Waals surface area (Å²) in [5.74, 6) is 1.49. The highest BCUT2D eigenvalue weighted by Crippen LogP contribution is 2.25. The van der Waals surface area contributed by atoms with Crippen LogP contribution in [0.1, 0.15) is 66.2 Å². The molecular formula is C19H34N2O3. The number of likely N-dealkylation sites (tertiary alicyclic amines) is 1. The minimum Gasteiger partial charge on any atom is -0.444 e. The molecule has 0 unspecified atom stereocenters. The van der Waals surface area contributed by atoms with Crippen molar-refractivity contribution in [2.45, 2.75) is 77.9 Å². The highest BCUT2D eigenvalue weighted by molar-refractivity contribution is 5.84. The van der Waals surface area contributed by atoms with Crippen LogP contribution in [0.3, 0.4) is 0 Å². The fourth-order valence-corrected chi connectivity index (χ4v) is 3.61. The molecule has 24 heavy (non-hydrogen) atoms. The number of hydrogen-bond acceptors (Lipinski definition) is 4. The molecule has 0 aromatic carbocycles. The van der Waals surface area contributed by atoms with E-state index in [-0.39, 0.29) is 12.1 Å². The summed E-state index contributed by atoms with van der Waals surface area (Å²) in [7, 11) is 0. The Morgan fingerprint density at radius 3 is 2.25 bits per heavy atom. The first-order valence-corrected chi connectivity index (χ1v) is 9.52. The summed E-state index contributed by atoms with van der Waals surface area (Å²) in [6.07, 6.45) is 5.55. The number of nitrogens with zero attached hydrogens (tertiary/aromatic N) is 1. The van der Waals surface area contributed by atoms with E-state index >= 15 is 0 Å². The van der Waals surface area contributed by atoms with Crippen molar-refractivity contribution in [1.29, 1.82) is 0 Å². The van der Waals surface area contributed by atoms with E-state index in [4.69, 9.17) is 4.74 Å². The van der Waals surface area contributed by atoms with Crippen LogP contribution in [0, 0.1) is 11.8 Å². The Kier molecular flexibility index (Phi) is 6.67. The van der Waals surface area contributed by atoms with Gasteiger partial charge in [0.15, 0.2) is 0 Å². The number of hydrogen-bond donors (Lipinski definition) is 1. The van der Waals surface area contributed by atoms with Crippen molar-refractivity contribution < 1.29 is 14.3 Å². The number of piperidine rings is 2. The molecule has 0 radical (unpaired) electrons. The van der Waals surface area contributed by atoms with Crippen molar-refractivity contribution in [3.05, 3.63) is 0 Å². The molecule has 2 fully saturated rings. The van der Waals surface area contributed by atoms with Crippen molar-refractivity contribution in [1.82, 2.24) is 10.2 Å². The van der Waals surface area contributed by atoms with Crippen molar-refractivity contribution >= 4 is 11.9 Å². The molecule has 0 aromatic rings. The number of carbonyl (C=O) groups is 2. The summed E-state index contributed by atoms with van der Waals surface area (Å²) in [6, 6.07) is 0.0525. The van der Waals surface area contributed by atoms with Crippen LogP contribution in [0.25, 0.3) is 0 Å². The minimum atomic E-state index is -0.451. The van der Waals surface area contributed by atoms with Crippen molar-refractivity contribution in [2.24, 2.45) is 11.8 Å². The maximum Gasteiger partial charge on any atom is 0.410 e. The van der Waals surface area contributed by atoms with Crippen molar-refractivity contribution in [2.75, 3.05) is 19.6 Å². The monoisotopic (exact) mass is 338 g/mol. The first kappa shape index (κ1) is 19.2. The molecule has 2 saturated heterocycles. The number of ketones is 1. The van der Waals surface area contributed by atoms with Gasteiger partial charge in [-0.1, -0.05) is 13.3 Å². The summed E-state index contributed by atoms with van der Waals surface area (Å²) >= 11 is 0. The zero-order chi connectivity index (χ0) is 17.7. The number of amides is 1. The van der Waals surface area contributed by atoms with E-state index in [1.807, 2.05) is 20.8 Å². The normalized spacial score (nSPS) is 26.2. The third kappa shape index (κ3) is 5.76. The Labute approximate surface area is 146 Å². The fourth-order valence-electron chi connectivity index (χ4n) is 3.61. The second-order valence-electron chi connectivity index (χ2n) is 8.39. The van der Waals surface area contributed by atoms with Gasteiger partial charge in [0, 0.05) is 19.5 Å². The summed E-state index contributed by atoms with van der Waals surface area (Å²) in [5, 5.41) is 3.43. The average Bonchev–Trinajstić information content (AvgIpc) is 2.54. The van der Waals surface area contributed by atoms with Gasteiger partial charge in [-0.25, -0.2) is 4.79 Å². The third-order valence-electron chi connectivity index (χ3n) is 5.24. The largest absolute Gasteiger partial charge is 0.444 e. The lowest BCUT2D eigenvalue weighted by molar-refractivity contribution is -0.123. The first-order chi connectivity index (χ1) is 11.3. The van der Waals surface area contributed by atoms with Crippen LogP contribution in [-0.2, 0) is 9.53 Å². The molecule has 2 aliphatic rings. The highest BCUT2D eigenvalue weighted by Gasteiger charge is 2.30. The summed E-state index contributed by atoms with van der Waals surface area (Å²) in [5.41, 5.74) is -0.451. The lowest BCUT2D eigenvalue weighted by Crippen LogP contribution is -2.45. The van der Waals surface area contributed by atoms with E-state index in [2.05, 4.69) is 12.2 Å². The molecule has 5 nitrogen and oxygen atoms in total. The van der Waals surface area contributed by atoms with Gasteiger partial charge >= 0.3 is 6.09 Å². The second-order valence-corrected chi connectivity index (χ2v) is 8.39. The number of Topliss-reactive ketones (excluding diaryl/α,β-unsaturated/α-hetero) is 1. The predicted molar refractivity (Wildman–Crippen MR) is 95.0 cm³/mol. The molecule has 0 saturated carbocycles. The quantitative estimate of drug-likeness (QED) is 0.854. The summed E-state index contributed by atoms with van der Waals surface area (Å²) in [6.45, 7) is 10.2. The van der Waals surface area contributed by atoms with Crippen molar-refractivity contribution in [3.8, 4) is 0 Å². The maximum atomic E-state index is 12.5. The van der Waals surface area contributed by atoms with Gasteiger partial charge in [-0.05, 0) is 64.8 Å². The number of ether oxygens (including phenoxy) is 1. The molecule has 1 N–H and O–H groups in total. The Morgan fingerprint density at radius 2 is 1.75 bits per heavy atom. The Morgan fingerprint density at radius 1 is 1.08 bits per heavy atom. The molecular weight excluding hydrogens is 304 g/mol. The molecule has 1 amide bonds. The van der Waals surface area contributed by atoms with Crippen molar-refractivity contribution in [3.63, 3.8) is 0 Å². The molecule has 2 rings (SSSR count). The van der Waals surface area contributed by atoms with Gasteiger partial charge in [0.05, 0.1) is 6.04 Å². The molecule has 5 heteroatoms. The number of rotatable bonds is 4. The standard InChI is InChI=1S/C19H34N2O3/c1-5-14-6-7-16(20-13-14)17(22)12-15-8-10-21(11-9-15)18(23)24-19(2,3)4/h14-16,20H,5-13H2,1-4H3/t14-,16+/m1/s1. The van der Waals surface area contributed by atoms with Crippen LogP contribution in [-0.4, -0.2) is 48.1 Å². The number of nitrogens with one attached hydrogen (secondary N) is 1. The molecule has 2 heterocycles. The Bertz CT molecular complexity index is 428. The molecule has 0 aliphatic carbocycles. The third-order valence-corrected chi connectivity index (χ3v) is 5.24. The SMILES string of the molecule is CC[C@@H]1CC[C@@H](C(=O)CC2CCN(C(=O)OC(C)(C)C)CC2)NC1. The zero-order valence-electron chi connectivity index (χ0n) is 15.8. The van der Waals surface area contributed by atoms with E-state index in [1.54, 1.807) is 4.90 Å². The molecule has 0 spiro atoms. The van der Waals surface area contributed by atoms with Crippen LogP contribution in [0.15, 0.2) is 0 Å². The lowest BCUT2D eigenvalue weighted by atomic mass is 9.86. The van der Waals surface area contributed by atoms with E-state index in [0.717, 1.165) is 38.1 Å². The van der Waals surface area contributed by atoms with Gasteiger partial charge in [0.1, 0.15) is 11.4 Å². The lowest BCUT2D eigenvalue weighted by Gasteiger charge is -2.34. The van der Waals surface area contributed by atoms with E-state index in [9.17, 15) is 9.59 Å². The van der Waals surface area contributed by atoms with Gasteiger partial charge in [-0.3, -0.25) is 4.79 Å².